The highest BCUT2D eigenvalue weighted by molar-refractivity contribution is 5.72. The molecule has 6 heteroatoms. The number of nitrogens with one attached hydrogen (secondary N) is 2. The van der Waals surface area contributed by atoms with E-state index in [1.165, 1.54) is 0 Å². The molecule has 2 N–H and O–H groups in total. The first-order chi connectivity index (χ1) is 16.5. The quantitative estimate of drug-likeness (QED) is 0.233. The topological polar surface area (TPSA) is 76.7 Å². The number of rotatable bonds is 12. The summed E-state index contributed by atoms with van der Waals surface area (Å²) >= 11 is 0. The summed E-state index contributed by atoms with van der Waals surface area (Å²) in [6.07, 6.45) is 10.7. The van der Waals surface area contributed by atoms with Crippen LogP contribution in [0.4, 0.5) is 0 Å². The predicted octanol–water partition coefficient (Wildman–Crippen LogP) is 6.45. The normalized spacial score (nSPS) is 24.1. The lowest BCUT2D eigenvalue weighted by molar-refractivity contribution is -0.158. The van der Waals surface area contributed by atoms with Gasteiger partial charge in [-0.05, 0) is 74.7 Å². The van der Waals surface area contributed by atoms with Crippen molar-refractivity contribution in [2.75, 3.05) is 0 Å². The number of unbranched alkanes of at least 4 members (excludes halogenated alkanes) is 4. The van der Waals surface area contributed by atoms with Crippen molar-refractivity contribution >= 4 is 11.9 Å². The maximum Gasteiger partial charge on any atom is 0.309 e. The van der Waals surface area contributed by atoms with Crippen LogP contribution in [-0.2, 0) is 19.1 Å². The first kappa shape index (κ1) is 31.1. The van der Waals surface area contributed by atoms with Crippen LogP contribution in [0.25, 0.3) is 0 Å². The van der Waals surface area contributed by atoms with Gasteiger partial charge in [-0.2, -0.15) is 0 Å². The minimum Gasteiger partial charge on any atom is -0.462 e. The van der Waals surface area contributed by atoms with Crippen LogP contribution in [0.2, 0.25) is 0 Å². The molecule has 210 valence electrons. The molecule has 0 radical (unpaired) electrons. The van der Waals surface area contributed by atoms with Gasteiger partial charge in [-0.15, -0.1) is 0 Å². The average Bonchev–Trinajstić information content (AvgIpc) is 2.64. The summed E-state index contributed by atoms with van der Waals surface area (Å²) in [6.45, 7) is 19.5. The van der Waals surface area contributed by atoms with E-state index in [9.17, 15) is 9.59 Å². The Balaban J connectivity index is 1.60. The molecular formula is C30H56N2O4. The molecule has 2 heterocycles. The third-order valence-corrected chi connectivity index (χ3v) is 7.65. The molecule has 0 aromatic rings. The first-order valence-corrected chi connectivity index (χ1v) is 14.5. The number of piperidine rings is 2. The molecule has 2 fully saturated rings. The molecule has 2 aliphatic heterocycles. The van der Waals surface area contributed by atoms with Crippen molar-refractivity contribution in [2.24, 2.45) is 5.92 Å². The number of carbonyl (C=O) groups is 2. The second-order valence-electron chi connectivity index (χ2n) is 14.2. The molecule has 0 aliphatic carbocycles. The predicted molar refractivity (Wildman–Crippen MR) is 147 cm³/mol. The van der Waals surface area contributed by atoms with Crippen LogP contribution in [0.1, 0.15) is 139 Å². The van der Waals surface area contributed by atoms with Gasteiger partial charge in [-0.25, -0.2) is 0 Å². The van der Waals surface area contributed by atoms with Gasteiger partial charge in [0.1, 0.15) is 12.2 Å². The number of hydrogen-bond donors (Lipinski definition) is 2. The van der Waals surface area contributed by atoms with E-state index in [0.717, 1.165) is 70.6 Å². The van der Waals surface area contributed by atoms with Crippen molar-refractivity contribution in [2.45, 2.75) is 174 Å². The second-order valence-corrected chi connectivity index (χ2v) is 14.2. The number of hydrogen-bond acceptors (Lipinski definition) is 6. The average molecular weight is 509 g/mol. The lowest BCUT2D eigenvalue weighted by Crippen LogP contribution is -2.59. The fourth-order valence-electron chi connectivity index (χ4n) is 6.81. The molecule has 6 nitrogen and oxygen atoms in total. The van der Waals surface area contributed by atoms with E-state index in [-0.39, 0.29) is 52.2 Å². The Morgan fingerprint density at radius 2 is 1.11 bits per heavy atom. The van der Waals surface area contributed by atoms with Gasteiger partial charge in [-0.1, -0.05) is 32.6 Å². The highest BCUT2D eigenvalue weighted by Gasteiger charge is 2.40. The molecule has 0 spiro atoms. The van der Waals surface area contributed by atoms with Gasteiger partial charge in [0.25, 0.3) is 0 Å². The standard InChI is InChI=1S/C30H56N2O4/c1-10-22(26(34)36-24-20-29(6,7)32-30(8,9)21-24)16-14-12-11-13-15-17-25(33)35-23-18-27(2,3)31-28(4,5)19-23/h22-24,31-32H,10-21H2,1-9H3. The lowest BCUT2D eigenvalue weighted by atomic mass is 9.81. The SMILES string of the molecule is CCC(CCCCCCCC(=O)OC1CC(C)(C)NC(C)(C)C1)C(=O)OC1CC(C)(C)NC(C)(C)C1. The van der Waals surface area contributed by atoms with Crippen LogP contribution in [0.5, 0.6) is 0 Å². The summed E-state index contributed by atoms with van der Waals surface area (Å²) in [6, 6.07) is 0. The van der Waals surface area contributed by atoms with Crippen LogP contribution < -0.4 is 10.6 Å². The zero-order valence-corrected chi connectivity index (χ0v) is 24.9. The molecule has 2 saturated heterocycles. The van der Waals surface area contributed by atoms with E-state index < -0.39 is 0 Å². The van der Waals surface area contributed by atoms with Crippen LogP contribution in [0, 0.1) is 5.92 Å². The summed E-state index contributed by atoms with van der Waals surface area (Å²) in [5.41, 5.74) is -0.0875. The third-order valence-electron chi connectivity index (χ3n) is 7.65. The number of esters is 2. The highest BCUT2D eigenvalue weighted by Crippen LogP contribution is 2.32. The van der Waals surface area contributed by atoms with E-state index in [2.05, 4.69) is 72.9 Å². The smallest absolute Gasteiger partial charge is 0.309 e. The summed E-state index contributed by atoms with van der Waals surface area (Å²) in [5, 5.41) is 7.28. The Kier molecular flexibility index (Phi) is 10.9. The van der Waals surface area contributed by atoms with Crippen LogP contribution in [0.3, 0.4) is 0 Å². The Hall–Kier alpha value is -1.14. The van der Waals surface area contributed by atoms with Gasteiger partial charge < -0.3 is 20.1 Å². The van der Waals surface area contributed by atoms with Gasteiger partial charge >= 0.3 is 11.9 Å². The molecule has 2 rings (SSSR count). The summed E-state index contributed by atoms with van der Waals surface area (Å²) in [5.74, 6) is -0.103. The second kappa shape index (κ2) is 12.6. The van der Waals surface area contributed by atoms with E-state index in [0.29, 0.717) is 6.42 Å². The summed E-state index contributed by atoms with van der Waals surface area (Å²) in [7, 11) is 0. The van der Waals surface area contributed by atoms with E-state index >= 15 is 0 Å². The monoisotopic (exact) mass is 508 g/mol. The van der Waals surface area contributed by atoms with Crippen LogP contribution in [-0.4, -0.2) is 46.3 Å². The maximum absolute atomic E-state index is 12.9. The Morgan fingerprint density at radius 1 is 0.694 bits per heavy atom. The van der Waals surface area contributed by atoms with Gasteiger partial charge in [0.15, 0.2) is 0 Å². The molecule has 1 unspecified atom stereocenters. The minimum absolute atomic E-state index is 0.00324. The molecular weight excluding hydrogens is 452 g/mol. The van der Waals surface area contributed by atoms with Gasteiger partial charge in [0.2, 0.25) is 0 Å². The zero-order valence-electron chi connectivity index (χ0n) is 24.9. The highest BCUT2D eigenvalue weighted by atomic mass is 16.5. The molecule has 0 aromatic heterocycles. The van der Waals surface area contributed by atoms with Crippen molar-refractivity contribution in [3.8, 4) is 0 Å². The van der Waals surface area contributed by atoms with Crippen molar-refractivity contribution < 1.29 is 19.1 Å². The largest absolute Gasteiger partial charge is 0.462 e. The molecule has 2 aliphatic rings. The third kappa shape index (κ3) is 11.1. The molecule has 0 bridgehead atoms. The molecule has 0 amide bonds. The Labute approximate surface area is 221 Å². The van der Waals surface area contributed by atoms with Crippen molar-refractivity contribution in [3.05, 3.63) is 0 Å². The van der Waals surface area contributed by atoms with Crippen LogP contribution >= 0.6 is 0 Å². The zero-order chi connectivity index (χ0) is 27.2. The van der Waals surface area contributed by atoms with E-state index in [1.54, 1.807) is 0 Å². The van der Waals surface area contributed by atoms with Crippen molar-refractivity contribution in [3.63, 3.8) is 0 Å². The maximum atomic E-state index is 12.9. The lowest BCUT2D eigenvalue weighted by Gasteiger charge is -2.46. The van der Waals surface area contributed by atoms with Crippen LogP contribution in [0.15, 0.2) is 0 Å². The number of ether oxygens (including phenoxy) is 2. The molecule has 1 atom stereocenters. The van der Waals surface area contributed by atoms with Gasteiger partial charge in [-0.3, -0.25) is 9.59 Å². The van der Waals surface area contributed by atoms with Gasteiger partial charge in [0, 0.05) is 54.3 Å². The molecule has 0 aromatic carbocycles. The van der Waals surface area contributed by atoms with Crippen molar-refractivity contribution in [1.82, 2.24) is 10.6 Å². The fraction of sp³-hybridized carbons (Fsp3) is 0.933. The molecule has 36 heavy (non-hydrogen) atoms. The number of carbonyl (C=O) groups excluding carboxylic acids is 2. The first-order valence-electron chi connectivity index (χ1n) is 14.5. The summed E-state index contributed by atoms with van der Waals surface area (Å²) < 4.78 is 11.8. The Bertz CT molecular complexity index is 696. The van der Waals surface area contributed by atoms with E-state index in [1.807, 2.05) is 0 Å². The fourth-order valence-corrected chi connectivity index (χ4v) is 6.81. The summed E-state index contributed by atoms with van der Waals surface area (Å²) in [4.78, 5) is 25.2. The Morgan fingerprint density at radius 3 is 1.58 bits per heavy atom. The van der Waals surface area contributed by atoms with Gasteiger partial charge in [0.05, 0.1) is 5.92 Å². The minimum atomic E-state index is -0.0634. The molecule has 0 saturated carbocycles. The van der Waals surface area contributed by atoms with Crippen molar-refractivity contribution in [1.29, 1.82) is 0 Å². The van der Waals surface area contributed by atoms with E-state index in [4.69, 9.17) is 9.47 Å².